The molecule has 1 aromatic carbocycles. The van der Waals surface area contributed by atoms with Crippen molar-refractivity contribution >= 4 is 33.4 Å². The average molecular weight is 248 g/mol. The van der Waals surface area contributed by atoms with Crippen LogP contribution in [0.5, 0.6) is 0 Å². The van der Waals surface area contributed by atoms with E-state index in [4.69, 9.17) is 22.7 Å². The zero-order valence-corrected chi connectivity index (χ0v) is 8.61. The monoisotopic (exact) mass is 246 g/mol. The molecule has 0 amide bonds. The van der Waals surface area contributed by atoms with E-state index in [1.54, 1.807) is 12.1 Å². The molecule has 0 atom stereocenters. The average Bonchev–Trinajstić information content (AvgIpc) is 1.81. The van der Waals surface area contributed by atoms with Crippen LogP contribution in [0, 0.1) is 5.41 Å². The van der Waals surface area contributed by atoms with E-state index in [9.17, 15) is 0 Å². The Morgan fingerprint density at radius 1 is 1.50 bits per heavy atom. The molecule has 0 saturated carbocycles. The molecular weight excluding hydrogens is 239 g/mol. The number of benzene rings is 1. The first-order chi connectivity index (χ1) is 5.58. The van der Waals surface area contributed by atoms with Gasteiger partial charge in [-0.2, -0.15) is 0 Å². The van der Waals surface area contributed by atoms with Gasteiger partial charge in [-0.25, -0.2) is 0 Å². The van der Waals surface area contributed by atoms with Crippen LogP contribution >= 0.6 is 27.5 Å². The molecule has 12 heavy (non-hydrogen) atoms. The van der Waals surface area contributed by atoms with Gasteiger partial charge in [0.15, 0.2) is 0 Å². The predicted molar refractivity (Wildman–Crippen MR) is 54.8 cm³/mol. The van der Waals surface area contributed by atoms with E-state index >= 15 is 0 Å². The Kier molecular flexibility index (Phi) is 3.12. The number of amidine groups is 1. The summed E-state index contributed by atoms with van der Waals surface area (Å²) >= 11 is 9.10. The first-order valence-electron chi connectivity index (χ1n) is 3.36. The Bertz CT molecular complexity index is 292. The fourth-order valence-corrected chi connectivity index (χ4v) is 1.86. The van der Waals surface area contributed by atoms with Crippen LogP contribution in [0.2, 0.25) is 5.02 Å². The first kappa shape index (κ1) is 9.55. The summed E-state index contributed by atoms with van der Waals surface area (Å²) in [7, 11) is 0. The molecule has 2 nitrogen and oxygen atoms in total. The number of hydrogen-bond donors (Lipinski definition) is 2. The van der Waals surface area contributed by atoms with Crippen molar-refractivity contribution < 1.29 is 0 Å². The molecule has 3 N–H and O–H groups in total. The van der Waals surface area contributed by atoms with Gasteiger partial charge in [0, 0.05) is 15.9 Å². The molecular formula is C8H8BrClN2. The maximum absolute atomic E-state index is 7.09. The van der Waals surface area contributed by atoms with Crippen molar-refractivity contribution in [2.45, 2.75) is 6.42 Å². The lowest BCUT2D eigenvalue weighted by Gasteiger charge is -2.00. The van der Waals surface area contributed by atoms with Crippen molar-refractivity contribution in [3.63, 3.8) is 0 Å². The molecule has 0 spiro atoms. The minimum Gasteiger partial charge on any atom is -0.387 e. The molecule has 0 heterocycles. The first-order valence-corrected chi connectivity index (χ1v) is 4.53. The van der Waals surface area contributed by atoms with Crippen LogP contribution in [0.1, 0.15) is 5.56 Å². The number of hydrogen-bond acceptors (Lipinski definition) is 1. The Morgan fingerprint density at radius 3 is 2.67 bits per heavy atom. The number of nitrogens with two attached hydrogens (primary N) is 1. The number of nitrogens with one attached hydrogen (secondary N) is 1. The number of halogens is 2. The summed E-state index contributed by atoms with van der Waals surface area (Å²) in [6.07, 6.45) is 0.444. The van der Waals surface area contributed by atoms with Gasteiger partial charge in [-0.1, -0.05) is 27.5 Å². The summed E-state index contributed by atoms with van der Waals surface area (Å²) in [4.78, 5) is 0. The summed E-state index contributed by atoms with van der Waals surface area (Å²) in [5, 5.41) is 7.75. The van der Waals surface area contributed by atoms with E-state index in [0.717, 1.165) is 10.0 Å². The fraction of sp³-hybridized carbons (Fsp3) is 0.125. The molecule has 0 aromatic heterocycles. The normalized spacial score (nSPS) is 9.83. The van der Waals surface area contributed by atoms with Gasteiger partial charge in [0.2, 0.25) is 0 Å². The van der Waals surface area contributed by atoms with Crippen molar-refractivity contribution in [1.82, 2.24) is 0 Å². The Labute approximate surface area is 84.4 Å². The van der Waals surface area contributed by atoms with Crippen LogP contribution in [-0.2, 0) is 6.42 Å². The van der Waals surface area contributed by atoms with Gasteiger partial charge in [-0.15, -0.1) is 0 Å². The molecule has 0 fully saturated rings. The quantitative estimate of drug-likeness (QED) is 0.612. The summed E-state index contributed by atoms with van der Waals surface area (Å²) < 4.78 is 0.909. The maximum Gasteiger partial charge on any atom is 0.0950 e. The van der Waals surface area contributed by atoms with Gasteiger partial charge in [0.05, 0.1) is 5.84 Å². The predicted octanol–water partition coefficient (Wildman–Crippen LogP) is 2.58. The Morgan fingerprint density at radius 2 is 2.17 bits per heavy atom. The lowest BCUT2D eigenvalue weighted by atomic mass is 10.1. The van der Waals surface area contributed by atoms with Crippen molar-refractivity contribution in [3.8, 4) is 0 Å². The zero-order valence-electron chi connectivity index (χ0n) is 6.27. The third-order valence-corrected chi connectivity index (χ3v) is 1.99. The van der Waals surface area contributed by atoms with Crippen LogP contribution in [0.4, 0.5) is 0 Å². The van der Waals surface area contributed by atoms with E-state index in [1.165, 1.54) is 0 Å². The molecule has 0 aliphatic heterocycles. The zero-order chi connectivity index (χ0) is 9.14. The largest absolute Gasteiger partial charge is 0.387 e. The third kappa shape index (κ3) is 2.83. The maximum atomic E-state index is 7.09. The van der Waals surface area contributed by atoms with Crippen LogP contribution in [0.25, 0.3) is 0 Å². The minimum atomic E-state index is 0.143. The van der Waals surface area contributed by atoms with E-state index < -0.39 is 0 Å². The smallest absolute Gasteiger partial charge is 0.0950 e. The molecule has 0 aliphatic carbocycles. The van der Waals surface area contributed by atoms with Crippen molar-refractivity contribution in [1.29, 1.82) is 5.41 Å². The van der Waals surface area contributed by atoms with Gasteiger partial charge >= 0.3 is 0 Å². The SMILES string of the molecule is N=C(N)Cc1cc(Cl)cc(Br)c1. The molecule has 0 unspecified atom stereocenters. The summed E-state index contributed by atoms with van der Waals surface area (Å²) in [5.74, 6) is 0.143. The van der Waals surface area contributed by atoms with Gasteiger partial charge in [0.25, 0.3) is 0 Å². The van der Waals surface area contributed by atoms with E-state index in [1.807, 2.05) is 6.07 Å². The van der Waals surface area contributed by atoms with E-state index in [0.29, 0.717) is 11.4 Å². The highest BCUT2D eigenvalue weighted by molar-refractivity contribution is 9.10. The van der Waals surface area contributed by atoms with E-state index in [-0.39, 0.29) is 5.84 Å². The standard InChI is InChI=1S/C8H8BrClN2/c9-6-1-5(3-8(11)12)2-7(10)4-6/h1-2,4H,3H2,(H3,11,12). The van der Waals surface area contributed by atoms with Crippen molar-refractivity contribution in [2.24, 2.45) is 5.73 Å². The lowest BCUT2D eigenvalue weighted by Crippen LogP contribution is -2.12. The van der Waals surface area contributed by atoms with Gasteiger partial charge in [-0.3, -0.25) is 5.41 Å². The van der Waals surface area contributed by atoms with Crippen molar-refractivity contribution in [2.75, 3.05) is 0 Å². The fourth-order valence-electron chi connectivity index (χ4n) is 0.933. The molecule has 0 bridgehead atoms. The highest BCUT2D eigenvalue weighted by atomic mass is 79.9. The second-order valence-corrected chi connectivity index (χ2v) is 3.83. The second kappa shape index (κ2) is 3.92. The Hall–Kier alpha value is -0.540. The molecule has 64 valence electrons. The van der Waals surface area contributed by atoms with Crippen LogP contribution in [0.3, 0.4) is 0 Å². The highest BCUT2D eigenvalue weighted by Gasteiger charge is 1.98. The van der Waals surface area contributed by atoms with E-state index in [2.05, 4.69) is 15.9 Å². The van der Waals surface area contributed by atoms with Gasteiger partial charge < -0.3 is 5.73 Å². The highest BCUT2D eigenvalue weighted by Crippen LogP contribution is 2.19. The van der Waals surface area contributed by atoms with Crippen molar-refractivity contribution in [3.05, 3.63) is 33.3 Å². The summed E-state index contributed by atoms with van der Waals surface area (Å²) in [6, 6.07) is 5.49. The molecule has 0 saturated heterocycles. The van der Waals surface area contributed by atoms with Gasteiger partial charge in [-0.05, 0) is 23.8 Å². The van der Waals surface area contributed by atoms with Crippen LogP contribution < -0.4 is 5.73 Å². The molecule has 0 radical (unpaired) electrons. The topological polar surface area (TPSA) is 49.9 Å². The second-order valence-electron chi connectivity index (χ2n) is 2.48. The van der Waals surface area contributed by atoms with Crippen LogP contribution in [-0.4, -0.2) is 5.84 Å². The molecule has 0 aliphatic rings. The Balaban J connectivity index is 2.93. The molecule has 4 heteroatoms. The lowest BCUT2D eigenvalue weighted by molar-refractivity contribution is 1.24. The third-order valence-electron chi connectivity index (χ3n) is 1.32. The number of rotatable bonds is 2. The summed E-state index contributed by atoms with van der Waals surface area (Å²) in [6.45, 7) is 0. The van der Waals surface area contributed by atoms with Gasteiger partial charge in [0.1, 0.15) is 0 Å². The molecule has 1 aromatic rings. The summed E-state index contributed by atoms with van der Waals surface area (Å²) in [5.41, 5.74) is 6.20. The molecule has 1 rings (SSSR count). The minimum absolute atomic E-state index is 0.143. The van der Waals surface area contributed by atoms with Crippen LogP contribution in [0.15, 0.2) is 22.7 Å².